The molecule has 4 aromatic heterocycles. The fraction of sp³-hybridized carbons (Fsp3) is 0.0217. The lowest BCUT2D eigenvalue weighted by Crippen LogP contribution is -2.32. The lowest BCUT2D eigenvalue weighted by molar-refractivity contribution is 0.436. The zero-order valence-corrected chi connectivity index (χ0v) is 56.0. The number of aromatic nitrogens is 6. The molecule has 4 aliphatic rings. The second kappa shape index (κ2) is 21.8. The zero-order chi connectivity index (χ0) is 66.8. The van der Waals surface area contributed by atoms with E-state index in [0.717, 1.165) is 95.3 Å². The van der Waals surface area contributed by atoms with Gasteiger partial charge in [-0.2, -0.15) is 0 Å². The van der Waals surface area contributed by atoms with Crippen molar-refractivity contribution in [2.45, 2.75) is 10.8 Å². The molecule has 0 amide bonds. The molecule has 18 aromatic rings. The summed E-state index contributed by atoms with van der Waals surface area (Å²) >= 11 is 3.70. The molecule has 102 heavy (non-hydrogen) atoms. The van der Waals surface area contributed by atoms with Gasteiger partial charge in [-0.25, -0.2) is 29.9 Å². The van der Waals surface area contributed by atoms with Crippen molar-refractivity contribution in [2.24, 2.45) is 0 Å². The number of para-hydroxylation sites is 3. The highest BCUT2D eigenvalue weighted by Gasteiger charge is 2.53. The molecule has 1 atom stereocenters. The molecule has 6 heterocycles. The second-order valence-electron chi connectivity index (χ2n) is 26.7. The Hall–Kier alpha value is -12.9. The summed E-state index contributed by atoms with van der Waals surface area (Å²) in [7, 11) is 0. The van der Waals surface area contributed by atoms with Crippen LogP contribution in [0.25, 0.3) is 142 Å². The molecular formula is C92H52N6O2S2. The van der Waals surface area contributed by atoms with Crippen molar-refractivity contribution in [1.82, 2.24) is 29.9 Å². The number of hydrogen-bond acceptors (Lipinski definition) is 10. The van der Waals surface area contributed by atoms with E-state index in [1.165, 1.54) is 79.3 Å². The van der Waals surface area contributed by atoms with Gasteiger partial charge in [-0.15, -0.1) is 22.7 Å². The maximum atomic E-state index is 6.96. The van der Waals surface area contributed by atoms with Gasteiger partial charge in [0, 0.05) is 96.0 Å². The first-order chi connectivity index (χ1) is 50.5. The van der Waals surface area contributed by atoms with Crippen molar-refractivity contribution in [2.75, 3.05) is 0 Å². The van der Waals surface area contributed by atoms with Crippen molar-refractivity contribution in [3.63, 3.8) is 0 Å². The molecule has 2 aliphatic carbocycles. The summed E-state index contributed by atoms with van der Waals surface area (Å²) in [6.07, 6.45) is 0. The van der Waals surface area contributed by atoms with Crippen molar-refractivity contribution < 1.29 is 9.47 Å². The van der Waals surface area contributed by atoms with E-state index in [-0.39, 0.29) is 0 Å². The third-order valence-electron chi connectivity index (χ3n) is 21.3. The number of fused-ring (bicyclic) bond motifs is 24. The molecule has 0 radical (unpaired) electrons. The van der Waals surface area contributed by atoms with E-state index < -0.39 is 10.8 Å². The van der Waals surface area contributed by atoms with Gasteiger partial charge in [0.2, 0.25) is 0 Å². The Morgan fingerprint density at radius 1 is 0.196 bits per heavy atom. The minimum absolute atomic E-state index is 0.556. The van der Waals surface area contributed by atoms with Crippen LogP contribution in [0.3, 0.4) is 0 Å². The summed E-state index contributed by atoms with van der Waals surface area (Å²) in [4.78, 5) is 32.0. The average molecular weight is 1340 g/mol. The lowest BCUT2D eigenvalue weighted by atomic mass is 9.65. The Labute approximate surface area is 593 Å². The molecule has 8 nitrogen and oxygen atoms in total. The largest absolute Gasteiger partial charge is 0.457 e. The fourth-order valence-corrected chi connectivity index (χ4v) is 19.1. The van der Waals surface area contributed by atoms with Gasteiger partial charge in [0.25, 0.3) is 0 Å². The number of nitrogens with zero attached hydrogens (tertiary/aromatic N) is 6. The molecule has 2 aliphatic heterocycles. The lowest BCUT2D eigenvalue weighted by Gasteiger charge is -2.39. The van der Waals surface area contributed by atoms with Gasteiger partial charge in [0.15, 0.2) is 34.9 Å². The van der Waals surface area contributed by atoms with Gasteiger partial charge in [-0.1, -0.05) is 231 Å². The highest BCUT2D eigenvalue weighted by Crippen LogP contribution is 2.66. The molecule has 0 saturated heterocycles. The van der Waals surface area contributed by atoms with E-state index >= 15 is 0 Å². The Morgan fingerprint density at radius 2 is 0.569 bits per heavy atom. The molecular weight excluding hydrogens is 1290 g/mol. The third kappa shape index (κ3) is 8.30. The number of benzene rings is 14. The second-order valence-corrected chi connectivity index (χ2v) is 28.9. The molecule has 22 rings (SSSR count). The summed E-state index contributed by atoms with van der Waals surface area (Å²) in [5.74, 6) is 6.73. The predicted octanol–water partition coefficient (Wildman–Crippen LogP) is 23.4. The highest BCUT2D eigenvalue weighted by atomic mass is 32.1. The molecule has 1 unspecified atom stereocenters. The molecule has 0 bridgehead atoms. The average Bonchev–Trinajstić information content (AvgIpc) is 1.51. The molecule has 2 spiro atoms. The summed E-state index contributed by atoms with van der Waals surface area (Å²) in [5.41, 5.74) is 19.8. The van der Waals surface area contributed by atoms with Crippen LogP contribution in [0, 0.1) is 0 Å². The van der Waals surface area contributed by atoms with E-state index in [0.29, 0.717) is 34.9 Å². The van der Waals surface area contributed by atoms with E-state index in [9.17, 15) is 0 Å². The van der Waals surface area contributed by atoms with Crippen LogP contribution in [0.15, 0.2) is 315 Å². The smallest absolute Gasteiger partial charge is 0.164 e. The number of hydrogen-bond donors (Lipinski definition) is 0. The number of thiophene rings is 2. The van der Waals surface area contributed by atoms with Gasteiger partial charge >= 0.3 is 0 Å². The maximum absolute atomic E-state index is 6.96. The van der Waals surface area contributed by atoms with Crippen LogP contribution in [0.1, 0.15) is 44.5 Å². The van der Waals surface area contributed by atoms with Crippen molar-refractivity contribution in [3.05, 3.63) is 360 Å². The van der Waals surface area contributed by atoms with Crippen LogP contribution in [0.4, 0.5) is 0 Å². The van der Waals surface area contributed by atoms with Crippen LogP contribution in [0.5, 0.6) is 23.0 Å². The summed E-state index contributed by atoms with van der Waals surface area (Å²) in [5, 5.41) is 5.03. The molecule has 0 fully saturated rings. The van der Waals surface area contributed by atoms with E-state index in [1.807, 2.05) is 59.1 Å². The molecule has 14 aromatic carbocycles. The minimum Gasteiger partial charge on any atom is -0.457 e. The standard InChI is InChI=1S/C92H52N6O2S2/c1-3-20-54(21-4-1)85-93-87(97-89(95-85)59-42-44-62-65-49-67-63-27-8-17-36-81(63)102-84(67)52-75(65)92(73(62)47-59)71-31-12-15-34-78(71)99-79-35-16-13-32-72(79)92)56-40-38-53(39-41-56)57-24-19-25-58(46-57)88-94-86(55-22-5-2-6-23-55)96-90(98-88)60-43-45-80-76(48-60)91(70-30-11-14-33-77(70)100-80)69-29-10-7-26-61(69)66-51-83-68(50-74(66)91)64-28-9-18-37-82(64)101-83/h1-52H. The molecule has 0 saturated carbocycles. The van der Waals surface area contributed by atoms with Gasteiger partial charge in [0.05, 0.1) is 10.8 Å². The first kappa shape index (κ1) is 57.1. The fourth-order valence-electron chi connectivity index (χ4n) is 16.9. The predicted molar refractivity (Wildman–Crippen MR) is 412 cm³/mol. The Kier molecular flexibility index (Phi) is 12.2. The quantitative estimate of drug-likeness (QED) is 0.156. The van der Waals surface area contributed by atoms with Gasteiger partial charge < -0.3 is 9.47 Å². The first-order valence-electron chi connectivity index (χ1n) is 34.3. The van der Waals surface area contributed by atoms with Crippen molar-refractivity contribution in [3.8, 4) is 125 Å². The topological polar surface area (TPSA) is 95.8 Å². The van der Waals surface area contributed by atoms with Crippen LogP contribution < -0.4 is 9.47 Å². The van der Waals surface area contributed by atoms with E-state index in [1.54, 1.807) is 0 Å². The van der Waals surface area contributed by atoms with Crippen LogP contribution >= 0.6 is 22.7 Å². The monoisotopic (exact) mass is 1340 g/mol. The summed E-state index contributed by atoms with van der Waals surface area (Å²) < 4.78 is 18.8. The van der Waals surface area contributed by atoms with E-state index in [2.05, 4.69) is 279 Å². The van der Waals surface area contributed by atoms with Gasteiger partial charge in [0.1, 0.15) is 23.0 Å². The Balaban J connectivity index is 0.653. The van der Waals surface area contributed by atoms with Crippen molar-refractivity contribution >= 4 is 63.0 Å². The molecule has 0 N–H and O–H groups in total. The van der Waals surface area contributed by atoms with Crippen molar-refractivity contribution in [1.29, 1.82) is 0 Å². The van der Waals surface area contributed by atoms with E-state index in [4.69, 9.17) is 39.4 Å². The Morgan fingerprint density at radius 3 is 1.17 bits per heavy atom. The normalized spacial score (nSPS) is 14.5. The van der Waals surface area contributed by atoms with Crippen LogP contribution in [0.2, 0.25) is 0 Å². The zero-order valence-electron chi connectivity index (χ0n) is 54.3. The van der Waals surface area contributed by atoms with Crippen LogP contribution in [-0.2, 0) is 10.8 Å². The first-order valence-corrected chi connectivity index (χ1v) is 35.9. The summed E-state index contributed by atoms with van der Waals surface area (Å²) in [6, 6.07) is 112. The third-order valence-corrected chi connectivity index (χ3v) is 23.6. The van der Waals surface area contributed by atoms with Gasteiger partial charge in [-0.05, 0) is 141 Å². The summed E-state index contributed by atoms with van der Waals surface area (Å²) in [6.45, 7) is 0. The minimum atomic E-state index is -0.720. The molecule has 474 valence electrons. The van der Waals surface area contributed by atoms with Gasteiger partial charge in [-0.3, -0.25) is 0 Å². The van der Waals surface area contributed by atoms with Crippen LogP contribution in [-0.4, -0.2) is 29.9 Å². The number of ether oxygens (including phenoxy) is 2. The Bertz CT molecular complexity index is 6560. The number of rotatable bonds is 7. The SMILES string of the molecule is c1ccc(-c2nc(-c3cccc(-c4ccc(-c5nc(-c6ccccc6)nc(-c6ccc7c(c6)C6(c8ccccc8Oc8ccccc86)c6cc8sc9ccccc9c8cc6-7)n5)cc4)c3)nc(-c3ccc4c(c3)C3(c5ccccc5O4)c4ccccc4-c4cc5sc6ccccc6c5cc43)n2)cc1. The highest BCUT2D eigenvalue weighted by molar-refractivity contribution is 7.26. The molecule has 10 heteroatoms. The maximum Gasteiger partial charge on any atom is 0.164 e.